The minimum absolute atomic E-state index is 0. The molecule has 3 rings (SSSR count). The van der Waals surface area contributed by atoms with E-state index in [4.69, 9.17) is 9.47 Å². The van der Waals surface area contributed by atoms with Gasteiger partial charge in [-0.2, -0.15) is 0 Å². The molecule has 10 N–H and O–H groups in total. The van der Waals surface area contributed by atoms with Gasteiger partial charge < -0.3 is 70.6 Å². The zero-order valence-electron chi connectivity index (χ0n) is 39.0. The summed E-state index contributed by atoms with van der Waals surface area (Å²) in [5.74, 6) is 0.0726. The fourth-order valence-corrected chi connectivity index (χ4v) is 8.04. The van der Waals surface area contributed by atoms with Crippen LogP contribution in [0.4, 0.5) is 0 Å². The number of unbranched alkanes of at least 4 members (excludes halogenated alkanes) is 3. The Morgan fingerprint density at radius 1 is 0.758 bits per heavy atom. The van der Waals surface area contributed by atoms with Gasteiger partial charge in [0.05, 0.1) is 13.2 Å². The number of Topliss-reactive ketones (excluding diaryl/α,β-unsaturated/α-hetero) is 2. The van der Waals surface area contributed by atoms with Crippen LogP contribution in [0.25, 0.3) is 0 Å². The Bertz CT molecular complexity index is 1730. The van der Waals surface area contributed by atoms with Crippen molar-refractivity contribution in [2.75, 3.05) is 54.0 Å². The van der Waals surface area contributed by atoms with Crippen LogP contribution < -0.4 is 101 Å². The predicted molar refractivity (Wildman–Crippen MR) is 224 cm³/mol. The number of carbonyl (C=O) groups is 3. The van der Waals surface area contributed by atoms with Gasteiger partial charge in [0.2, 0.25) is 5.91 Å². The standard InChI is InChI=1S/C21H36N4O17P2.2C8H17NO.2Na/c1-22-6-3-2-4-12(27)23-14-17(31)15(29)10(8-26)40-20(14)41-44(36,37)42-43(34,35)38-9-11-16(30)18(32)19(39-11)25-7-5-13(28)24-21(25)33;2*1-3-8(10)6-4-5-7-9-2;;/h5,7,10-11,14-20,22,26,29-32H,2-4,6,8-9H2,1H3,(H,23,27)(H,34,35)(H,36,37)(H,24,28,33);2*9H,3-7H2,1-2H3;;/q;;;2*+1/p-2/t10?,11?,14?,15-,16+,17+,18+,19?,20+;;;;/m0..../s1. The maximum absolute atomic E-state index is 12.5. The number of ether oxygens (including phenoxy) is 2. The fourth-order valence-electron chi connectivity index (χ4n) is 5.95. The van der Waals surface area contributed by atoms with E-state index in [0.717, 1.165) is 63.9 Å². The second kappa shape index (κ2) is 36.3. The second-order valence-corrected chi connectivity index (χ2v) is 17.6. The number of carbonyl (C=O) groups excluding carboxylic acids is 3. The molecule has 2 aliphatic heterocycles. The Labute approximate surface area is 428 Å². The van der Waals surface area contributed by atoms with Crippen LogP contribution in [0.2, 0.25) is 0 Å². The number of hydrogen-bond acceptors (Lipinski definition) is 22. The van der Waals surface area contributed by atoms with Crippen molar-refractivity contribution < 1.29 is 141 Å². The number of nitrogens with zero attached hydrogens (tertiary/aromatic N) is 1. The first kappa shape index (κ1) is 67.4. The summed E-state index contributed by atoms with van der Waals surface area (Å²) in [6.45, 7) is 4.42. The Morgan fingerprint density at radius 3 is 1.73 bits per heavy atom. The van der Waals surface area contributed by atoms with Gasteiger partial charge in [0.25, 0.3) is 21.2 Å². The number of H-pyrrole nitrogens is 1. The summed E-state index contributed by atoms with van der Waals surface area (Å²) in [5.41, 5.74) is -1.79. The van der Waals surface area contributed by atoms with Crippen molar-refractivity contribution in [3.8, 4) is 0 Å². The first-order chi connectivity index (χ1) is 30.2. The van der Waals surface area contributed by atoms with Gasteiger partial charge in [-0.3, -0.25) is 42.4 Å². The largest absolute Gasteiger partial charge is 1.00 e. The monoisotopic (exact) mass is 1010 g/mol. The van der Waals surface area contributed by atoms with E-state index < -0.39 is 101 Å². The predicted octanol–water partition coefficient (Wildman–Crippen LogP) is -8.83. The topological polar surface area (TPSA) is 382 Å². The van der Waals surface area contributed by atoms with Crippen LogP contribution >= 0.6 is 15.6 Å². The molecule has 3 heterocycles. The van der Waals surface area contributed by atoms with Crippen molar-refractivity contribution in [1.29, 1.82) is 0 Å². The van der Waals surface area contributed by atoms with E-state index in [1.165, 1.54) is 0 Å². The number of aliphatic hydroxyl groups is 5. The molecule has 2 fully saturated rings. The number of amides is 1. The molecule has 0 radical (unpaired) electrons. The molecule has 1 aromatic heterocycles. The summed E-state index contributed by atoms with van der Waals surface area (Å²) in [5, 5.41) is 61.7. The summed E-state index contributed by atoms with van der Waals surface area (Å²) in [4.78, 5) is 83.9. The molecule has 11 atom stereocenters. The first-order valence-electron chi connectivity index (χ1n) is 21.1. The molecule has 2 saturated heterocycles. The summed E-state index contributed by atoms with van der Waals surface area (Å²) < 4.78 is 49.1. The molecule has 29 heteroatoms. The molecule has 6 unspecified atom stereocenters. The molecular weight excluding hydrogens is 940 g/mol. The molecule has 0 saturated carbocycles. The molecule has 1 aromatic rings. The number of phosphoric acid groups is 2. The zero-order valence-corrected chi connectivity index (χ0v) is 44.7. The van der Waals surface area contributed by atoms with E-state index in [1.807, 2.05) is 32.9 Å². The van der Waals surface area contributed by atoms with Crippen molar-refractivity contribution in [2.24, 2.45) is 0 Å². The van der Waals surface area contributed by atoms with Crippen LogP contribution in [0.15, 0.2) is 21.9 Å². The van der Waals surface area contributed by atoms with Gasteiger partial charge in [0, 0.05) is 44.4 Å². The van der Waals surface area contributed by atoms with Gasteiger partial charge in [-0.05, 0) is 79.3 Å². The van der Waals surface area contributed by atoms with E-state index in [9.17, 15) is 68.4 Å². The number of aromatic amines is 1. The maximum Gasteiger partial charge on any atom is 1.00 e. The van der Waals surface area contributed by atoms with E-state index in [1.54, 1.807) is 7.05 Å². The number of rotatable bonds is 27. The summed E-state index contributed by atoms with van der Waals surface area (Å²) in [6.07, 6.45) is -5.36. The minimum atomic E-state index is -5.98. The van der Waals surface area contributed by atoms with Crippen LogP contribution in [0.3, 0.4) is 0 Å². The normalized spacial score (nSPS) is 25.2. The molecule has 0 aliphatic carbocycles. The number of hydrogen-bond donors (Lipinski definition) is 10. The smallest absolute Gasteiger partial charge is 0.756 e. The van der Waals surface area contributed by atoms with Crippen molar-refractivity contribution >= 4 is 33.1 Å². The van der Waals surface area contributed by atoms with Crippen molar-refractivity contribution in [3.05, 3.63) is 33.1 Å². The third kappa shape index (κ3) is 26.0. The zero-order chi connectivity index (χ0) is 48.5. The van der Waals surface area contributed by atoms with Gasteiger partial charge in [-0.25, -0.2) is 9.11 Å². The average Bonchev–Trinajstić information content (AvgIpc) is 3.53. The summed E-state index contributed by atoms with van der Waals surface area (Å²) >= 11 is 0. The van der Waals surface area contributed by atoms with Gasteiger partial charge in [-0.1, -0.05) is 13.8 Å². The maximum atomic E-state index is 12.5. The first-order valence-corrected chi connectivity index (χ1v) is 24.0. The van der Waals surface area contributed by atoms with Crippen LogP contribution in [0.5, 0.6) is 0 Å². The molecule has 2 aliphatic rings. The number of phosphoric ester groups is 2. The van der Waals surface area contributed by atoms with Crippen molar-refractivity contribution in [2.45, 2.75) is 140 Å². The number of aromatic nitrogens is 2. The van der Waals surface area contributed by atoms with Gasteiger partial charge in [0.15, 0.2) is 12.5 Å². The minimum Gasteiger partial charge on any atom is -0.756 e. The van der Waals surface area contributed by atoms with E-state index in [0.29, 0.717) is 48.4 Å². The second-order valence-electron chi connectivity index (χ2n) is 14.7. The van der Waals surface area contributed by atoms with E-state index in [2.05, 4.69) is 34.6 Å². The Balaban J connectivity index is 0. The Kier molecular flexibility index (Phi) is 37.1. The fraction of sp³-hybridized carbons (Fsp3) is 0.811. The third-order valence-corrected chi connectivity index (χ3v) is 12.2. The Morgan fingerprint density at radius 2 is 1.26 bits per heavy atom. The van der Waals surface area contributed by atoms with Crippen LogP contribution in [0, 0.1) is 0 Å². The van der Waals surface area contributed by atoms with Gasteiger partial charge in [-0.15, -0.1) is 0 Å². The number of nitrogens with one attached hydrogen (secondary N) is 5. The van der Waals surface area contributed by atoms with E-state index in [-0.39, 0.29) is 65.5 Å². The summed E-state index contributed by atoms with van der Waals surface area (Å²) in [6, 6.07) is -0.849. The molecule has 372 valence electrons. The van der Waals surface area contributed by atoms with Crippen LogP contribution in [0.1, 0.15) is 90.7 Å². The molecule has 66 heavy (non-hydrogen) atoms. The molecule has 25 nitrogen and oxygen atoms in total. The number of ketones is 2. The molecule has 1 amide bonds. The molecular formula is C37H68N6Na2O19P2. The molecule has 0 aromatic carbocycles. The quantitative estimate of drug-likeness (QED) is 0.0222. The van der Waals surface area contributed by atoms with E-state index >= 15 is 0 Å². The Hall–Kier alpha value is -0.650. The van der Waals surface area contributed by atoms with Gasteiger partial charge >= 0.3 is 64.8 Å². The number of aliphatic hydroxyl groups excluding tert-OH is 5. The SMILES string of the molecule is CCC(=O)CCCCNC.CCC(=O)CCCCNC.CNCCCCC(=O)NC1[C@@H](OP(=O)([O-])OP(=O)([O-])OCC2OC(n3ccc(=O)[nH]c3=O)[C@H](O)[C@@H]2O)OC(CO)[C@H](O)[C@@H]1O.[Na+].[Na+]. The van der Waals surface area contributed by atoms with Crippen molar-refractivity contribution in [3.63, 3.8) is 0 Å². The molecule has 0 spiro atoms. The van der Waals surface area contributed by atoms with Gasteiger partial charge in [0.1, 0.15) is 54.2 Å². The third-order valence-electron chi connectivity index (χ3n) is 9.64. The summed E-state index contributed by atoms with van der Waals surface area (Å²) in [7, 11) is -6.26. The van der Waals surface area contributed by atoms with Crippen LogP contribution in [-0.2, 0) is 46.3 Å². The van der Waals surface area contributed by atoms with Crippen molar-refractivity contribution in [1.82, 2.24) is 30.8 Å². The molecule has 0 bridgehead atoms. The van der Waals surface area contributed by atoms with Crippen LogP contribution in [-0.4, -0.2) is 156 Å². The average molecular weight is 1010 g/mol.